The van der Waals surface area contributed by atoms with Crippen LogP contribution >= 0.6 is 0 Å². The summed E-state index contributed by atoms with van der Waals surface area (Å²) in [7, 11) is 0. The fraction of sp³-hybridized carbons (Fsp3) is 0.600. The topological polar surface area (TPSA) is 30.7 Å². The van der Waals surface area contributed by atoms with E-state index in [0.717, 1.165) is 16.9 Å². The molecule has 0 N–H and O–H groups in total. The Balaban J connectivity index is 2.71. The summed E-state index contributed by atoms with van der Waals surface area (Å²) in [5.41, 5.74) is 3.60. The van der Waals surface area contributed by atoms with Gasteiger partial charge in [0.1, 0.15) is 5.82 Å². The van der Waals surface area contributed by atoms with Crippen LogP contribution in [0.2, 0.25) is 0 Å². The Morgan fingerprint density at radius 3 is 2.17 bits per heavy atom. The van der Waals surface area contributed by atoms with Gasteiger partial charge in [0.25, 0.3) is 0 Å². The number of rotatable bonds is 3. The third-order valence-corrected chi connectivity index (χ3v) is 3.31. The predicted molar refractivity (Wildman–Crippen MR) is 76.1 cm³/mol. The minimum absolute atomic E-state index is 0.372. The molecular weight excluding hydrogens is 222 g/mol. The zero-order valence-corrected chi connectivity index (χ0v) is 12.2. The highest BCUT2D eigenvalue weighted by atomic mass is 15.0. The molecule has 0 aromatic carbocycles. The van der Waals surface area contributed by atoms with Crippen LogP contribution in [0.1, 0.15) is 70.8 Å². The van der Waals surface area contributed by atoms with Gasteiger partial charge in [-0.1, -0.05) is 27.7 Å². The molecule has 0 radical (unpaired) electrons. The standard InChI is InChI=1S/C15H23N3/c1-9(2)12-8-18(11(5)6)13-7-16-15(10(3)4)17-14(12)13/h7-11H,1-6H3. The largest absolute Gasteiger partial charge is 0.342 e. The lowest BCUT2D eigenvalue weighted by atomic mass is 10.1. The number of hydrogen-bond acceptors (Lipinski definition) is 2. The van der Waals surface area contributed by atoms with Gasteiger partial charge in [-0.15, -0.1) is 0 Å². The van der Waals surface area contributed by atoms with Gasteiger partial charge < -0.3 is 4.57 Å². The molecule has 0 saturated heterocycles. The van der Waals surface area contributed by atoms with Gasteiger partial charge in [0.05, 0.1) is 17.2 Å². The van der Waals surface area contributed by atoms with E-state index >= 15 is 0 Å². The first-order valence-corrected chi connectivity index (χ1v) is 6.79. The van der Waals surface area contributed by atoms with Crippen LogP contribution in [-0.4, -0.2) is 14.5 Å². The van der Waals surface area contributed by atoms with Crippen LogP contribution in [-0.2, 0) is 0 Å². The summed E-state index contributed by atoms with van der Waals surface area (Å²) in [4.78, 5) is 9.26. The lowest BCUT2D eigenvalue weighted by Crippen LogP contribution is -2.01. The Bertz CT molecular complexity index is 550. The Morgan fingerprint density at radius 1 is 1.00 bits per heavy atom. The molecule has 0 spiro atoms. The molecule has 3 nitrogen and oxygen atoms in total. The van der Waals surface area contributed by atoms with Crippen LogP contribution in [0.15, 0.2) is 12.4 Å². The molecule has 2 aromatic heterocycles. The lowest BCUT2D eigenvalue weighted by Gasteiger charge is -2.09. The summed E-state index contributed by atoms with van der Waals surface area (Å²) in [6, 6.07) is 0.438. The van der Waals surface area contributed by atoms with Crippen LogP contribution in [0.25, 0.3) is 11.0 Å². The van der Waals surface area contributed by atoms with Crippen molar-refractivity contribution >= 4 is 11.0 Å². The number of fused-ring (bicyclic) bond motifs is 1. The summed E-state index contributed by atoms with van der Waals surface area (Å²) in [6.45, 7) is 13.1. The molecule has 98 valence electrons. The molecule has 0 unspecified atom stereocenters. The zero-order valence-electron chi connectivity index (χ0n) is 12.2. The van der Waals surface area contributed by atoms with Crippen molar-refractivity contribution in [1.82, 2.24) is 14.5 Å². The maximum absolute atomic E-state index is 4.77. The van der Waals surface area contributed by atoms with Gasteiger partial charge in [0, 0.05) is 18.2 Å². The molecule has 2 rings (SSSR count). The number of aromatic nitrogens is 3. The smallest absolute Gasteiger partial charge is 0.131 e. The Hall–Kier alpha value is -1.38. The fourth-order valence-corrected chi connectivity index (χ4v) is 2.20. The fourth-order valence-electron chi connectivity index (χ4n) is 2.20. The van der Waals surface area contributed by atoms with Crippen LogP contribution in [0.5, 0.6) is 0 Å². The second-order valence-corrected chi connectivity index (χ2v) is 5.86. The highest BCUT2D eigenvalue weighted by Crippen LogP contribution is 2.28. The van der Waals surface area contributed by atoms with Crippen molar-refractivity contribution in [3.63, 3.8) is 0 Å². The van der Waals surface area contributed by atoms with Gasteiger partial charge >= 0.3 is 0 Å². The summed E-state index contributed by atoms with van der Waals surface area (Å²) >= 11 is 0. The molecule has 2 heterocycles. The van der Waals surface area contributed by atoms with Crippen LogP contribution in [0.3, 0.4) is 0 Å². The predicted octanol–water partition coefficient (Wildman–Crippen LogP) is 4.26. The zero-order chi connectivity index (χ0) is 13.4. The normalized spacial score (nSPS) is 12.3. The molecule has 0 atom stereocenters. The van der Waals surface area contributed by atoms with E-state index in [4.69, 9.17) is 4.98 Å². The van der Waals surface area contributed by atoms with Crippen molar-refractivity contribution in [3.8, 4) is 0 Å². The molecule has 0 fully saturated rings. The second-order valence-electron chi connectivity index (χ2n) is 5.86. The SMILES string of the molecule is CC(C)c1ncc2c(n1)c(C(C)C)cn2C(C)C. The van der Waals surface area contributed by atoms with Crippen molar-refractivity contribution in [3.05, 3.63) is 23.8 Å². The maximum atomic E-state index is 4.77. The molecule has 0 aliphatic rings. The van der Waals surface area contributed by atoms with Crippen molar-refractivity contribution in [1.29, 1.82) is 0 Å². The van der Waals surface area contributed by atoms with Gasteiger partial charge in [-0.05, 0) is 25.3 Å². The quantitative estimate of drug-likeness (QED) is 0.809. The third kappa shape index (κ3) is 2.14. The van der Waals surface area contributed by atoms with E-state index in [2.05, 4.69) is 57.3 Å². The highest BCUT2D eigenvalue weighted by Gasteiger charge is 2.16. The van der Waals surface area contributed by atoms with E-state index in [9.17, 15) is 0 Å². The van der Waals surface area contributed by atoms with Gasteiger partial charge in [-0.25, -0.2) is 9.97 Å². The minimum atomic E-state index is 0.372. The third-order valence-electron chi connectivity index (χ3n) is 3.31. The maximum Gasteiger partial charge on any atom is 0.131 e. The van der Waals surface area contributed by atoms with Crippen LogP contribution in [0, 0.1) is 0 Å². The Morgan fingerprint density at radius 2 is 1.67 bits per heavy atom. The highest BCUT2D eigenvalue weighted by molar-refractivity contribution is 5.79. The van der Waals surface area contributed by atoms with E-state index < -0.39 is 0 Å². The van der Waals surface area contributed by atoms with Crippen LogP contribution < -0.4 is 0 Å². The molecule has 2 aromatic rings. The van der Waals surface area contributed by atoms with Crippen molar-refractivity contribution in [2.75, 3.05) is 0 Å². The Labute approximate surface area is 109 Å². The van der Waals surface area contributed by atoms with Crippen LogP contribution in [0.4, 0.5) is 0 Å². The van der Waals surface area contributed by atoms with Crippen molar-refractivity contribution in [2.24, 2.45) is 0 Å². The van der Waals surface area contributed by atoms with E-state index in [-0.39, 0.29) is 0 Å². The first kappa shape index (κ1) is 13.1. The lowest BCUT2D eigenvalue weighted by molar-refractivity contribution is 0.618. The molecule has 0 aliphatic heterocycles. The van der Waals surface area contributed by atoms with Crippen molar-refractivity contribution in [2.45, 2.75) is 59.4 Å². The molecular formula is C15H23N3. The van der Waals surface area contributed by atoms with Gasteiger partial charge in [0.15, 0.2) is 0 Å². The van der Waals surface area contributed by atoms with E-state index in [1.807, 2.05) is 6.20 Å². The molecule has 0 amide bonds. The summed E-state index contributed by atoms with van der Waals surface area (Å²) in [5.74, 6) is 1.80. The first-order valence-electron chi connectivity index (χ1n) is 6.79. The van der Waals surface area contributed by atoms with E-state index in [0.29, 0.717) is 17.9 Å². The van der Waals surface area contributed by atoms with Crippen molar-refractivity contribution < 1.29 is 0 Å². The summed E-state index contributed by atoms with van der Waals surface area (Å²) in [6.07, 6.45) is 4.21. The summed E-state index contributed by atoms with van der Waals surface area (Å²) < 4.78 is 2.27. The minimum Gasteiger partial charge on any atom is -0.342 e. The monoisotopic (exact) mass is 245 g/mol. The molecule has 3 heteroatoms. The number of nitrogens with zero attached hydrogens (tertiary/aromatic N) is 3. The van der Waals surface area contributed by atoms with Gasteiger partial charge in [0.2, 0.25) is 0 Å². The van der Waals surface area contributed by atoms with Gasteiger partial charge in [-0.2, -0.15) is 0 Å². The average Bonchev–Trinajstić information content (AvgIpc) is 2.67. The second kappa shape index (κ2) is 4.71. The first-order chi connectivity index (χ1) is 8.41. The van der Waals surface area contributed by atoms with Gasteiger partial charge in [-0.3, -0.25) is 0 Å². The number of hydrogen-bond donors (Lipinski definition) is 0. The average molecular weight is 245 g/mol. The molecule has 0 bridgehead atoms. The molecule has 18 heavy (non-hydrogen) atoms. The summed E-state index contributed by atoms with van der Waals surface area (Å²) in [5, 5.41) is 0. The van der Waals surface area contributed by atoms with E-state index in [1.165, 1.54) is 5.56 Å². The molecule has 0 aliphatic carbocycles. The van der Waals surface area contributed by atoms with E-state index in [1.54, 1.807) is 0 Å². The Kier molecular flexibility index (Phi) is 3.42. The molecule has 0 saturated carbocycles.